The van der Waals surface area contributed by atoms with Gasteiger partial charge in [0.1, 0.15) is 5.82 Å². The summed E-state index contributed by atoms with van der Waals surface area (Å²) in [6.45, 7) is -0.137. The van der Waals surface area contributed by atoms with Crippen molar-refractivity contribution in [3.05, 3.63) is 94.7 Å². The predicted octanol–water partition coefficient (Wildman–Crippen LogP) is 1.69. The molecule has 0 bridgehead atoms. The number of hydrogen-bond donors (Lipinski definition) is 3. The Balaban J connectivity index is 1.78. The monoisotopic (exact) mass is 416 g/mol. The van der Waals surface area contributed by atoms with Gasteiger partial charge in [0.2, 0.25) is 5.95 Å². The highest BCUT2D eigenvalue weighted by Crippen LogP contribution is 2.32. The average molecular weight is 416 g/mol. The third-order valence-corrected chi connectivity index (χ3v) is 4.88. The van der Waals surface area contributed by atoms with Crippen molar-refractivity contribution in [2.24, 2.45) is 0 Å². The van der Waals surface area contributed by atoms with Gasteiger partial charge in [0.25, 0.3) is 0 Å². The van der Waals surface area contributed by atoms with Gasteiger partial charge in [-0.15, -0.1) is 5.10 Å². The Morgan fingerprint density at radius 3 is 2.68 bits per heavy atom. The third kappa shape index (κ3) is 3.19. The Kier molecular flexibility index (Phi) is 4.43. The number of fused-ring (bicyclic) bond motifs is 1. The lowest BCUT2D eigenvalue weighted by Crippen LogP contribution is -2.25. The number of nitrogens with zero attached hydrogens (tertiary/aromatic N) is 5. The Morgan fingerprint density at radius 1 is 1.10 bits per heavy atom. The SMILES string of the molecule is Nc1nc(-c2ccccc2)c(C2=CNNC=C2)c2nn(Cc3ncccc3F)c(=O)n12. The second kappa shape index (κ2) is 7.41. The molecule has 0 atom stereocenters. The number of hydrazine groups is 1. The van der Waals surface area contributed by atoms with E-state index in [9.17, 15) is 9.18 Å². The molecule has 0 unspecified atom stereocenters. The van der Waals surface area contributed by atoms with E-state index in [0.717, 1.165) is 15.8 Å². The molecule has 0 radical (unpaired) electrons. The minimum Gasteiger partial charge on any atom is -0.369 e. The second-order valence-electron chi connectivity index (χ2n) is 6.81. The van der Waals surface area contributed by atoms with Crippen LogP contribution in [-0.4, -0.2) is 24.1 Å². The molecular formula is C21H17FN8O. The molecule has 4 aromatic rings. The standard InChI is InChI=1S/C21H17FN8O/c22-15-7-4-9-24-16(15)12-29-21(31)30-19(28-29)17(14-8-10-25-26-11-14)18(27-20(30)23)13-5-2-1-3-6-13/h1-11,25-26H,12H2,(H2,23,27). The molecule has 0 aliphatic carbocycles. The molecule has 3 aromatic heterocycles. The van der Waals surface area contributed by atoms with E-state index < -0.39 is 11.5 Å². The highest BCUT2D eigenvalue weighted by molar-refractivity contribution is 5.91. The molecule has 1 aromatic carbocycles. The second-order valence-corrected chi connectivity index (χ2v) is 6.81. The number of hydrogen-bond acceptors (Lipinski definition) is 7. The zero-order valence-electron chi connectivity index (χ0n) is 16.2. The number of halogens is 1. The predicted molar refractivity (Wildman–Crippen MR) is 114 cm³/mol. The molecule has 31 heavy (non-hydrogen) atoms. The molecule has 9 nitrogen and oxygen atoms in total. The van der Waals surface area contributed by atoms with Gasteiger partial charge in [-0.25, -0.2) is 23.3 Å². The van der Waals surface area contributed by atoms with Crippen molar-refractivity contribution < 1.29 is 4.39 Å². The molecule has 1 aliphatic heterocycles. The first kappa shape index (κ1) is 18.6. The first-order valence-corrected chi connectivity index (χ1v) is 9.45. The molecule has 4 heterocycles. The highest BCUT2D eigenvalue weighted by Gasteiger charge is 2.23. The van der Waals surface area contributed by atoms with Crippen LogP contribution in [0.4, 0.5) is 10.3 Å². The number of benzene rings is 1. The summed E-state index contributed by atoms with van der Waals surface area (Å²) in [5.74, 6) is -0.530. The number of rotatable bonds is 4. The van der Waals surface area contributed by atoms with Crippen LogP contribution in [0.5, 0.6) is 0 Å². The number of nitrogen functional groups attached to an aromatic ring is 1. The summed E-state index contributed by atoms with van der Waals surface area (Å²) in [7, 11) is 0. The summed E-state index contributed by atoms with van der Waals surface area (Å²) in [6, 6.07) is 12.3. The van der Waals surface area contributed by atoms with Crippen LogP contribution in [0.2, 0.25) is 0 Å². The highest BCUT2D eigenvalue weighted by atomic mass is 19.1. The van der Waals surface area contributed by atoms with Gasteiger partial charge in [0.05, 0.1) is 23.5 Å². The molecule has 10 heteroatoms. The molecular weight excluding hydrogens is 399 g/mol. The van der Waals surface area contributed by atoms with E-state index in [1.807, 2.05) is 36.4 Å². The van der Waals surface area contributed by atoms with Crippen molar-refractivity contribution in [2.45, 2.75) is 6.54 Å². The van der Waals surface area contributed by atoms with Crippen molar-refractivity contribution in [1.82, 2.24) is 35.0 Å². The fourth-order valence-electron chi connectivity index (χ4n) is 3.46. The molecule has 154 valence electrons. The first-order chi connectivity index (χ1) is 15.1. The average Bonchev–Trinajstić information content (AvgIpc) is 3.13. The Hall–Kier alpha value is -4.47. The smallest absolute Gasteiger partial charge is 0.353 e. The van der Waals surface area contributed by atoms with Crippen molar-refractivity contribution >= 4 is 17.2 Å². The van der Waals surface area contributed by atoms with Crippen LogP contribution in [0.3, 0.4) is 0 Å². The largest absolute Gasteiger partial charge is 0.369 e. The molecule has 0 saturated carbocycles. The van der Waals surface area contributed by atoms with Gasteiger partial charge in [-0.2, -0.15) is 0 Å². The normalized spacial score (nSPS) is 13.0. The summed E-state index contributed by atoms with van der Waals surface area (Å²) in [5.41, 5.74) is 14.6. The Labute approximate surface area is 175 Å². The van der Waals surface area contributed by atoms with E-state index in [1.165, 1.54) is 22.7 Å². The number of allylic oxidation sites excluding steroid dienone is 2. The van der Waals surface area contributed by atoms with Gasteiger partial charge in [-0.05, 0) is 18.2 Å². The zero-order valence-corrected chi connectivity index (χ0v) is 16.2. The molecule has 0 saturated heterocycles. The number of nitrogens with one attached hydrogen (secondary N) is 2. The quantitative estimate of drug-likeness (QED) is 0.464. The van der Waals surface area contributed by atoms with Crippen molar-refractivity contribution in [1.29, 1.82) is 0 Å². The van der Waals surface area contributed by atoms with Crippen LogP contribution in [0, 0.1) is 5.82 Å². The van der Waals surface area contributed by atoms with Crippen LogP contribution in [-0.2, 0) is 6.54 Å². The van der Waals surface area contributed by atoms with E-state index in [2.05, 4.69) is 25.9 Å². The molecule has 0 fully saturated rings. The van der Waals surface area contributed by atoms with Crippen LogP contribution < -0.4 is 22.3 Å². The van der Waals surface area contributed by atoms with Gasteiger partial charge in [0, 0.05) is 29.7 Å². The summed E-state index contributed by atoms with van der Waals surface area (Å²) in [6.07, 6.45) is 6.75. The summed E-state index contributed by atoms with van der Waals surface area (Å²) in [5, 5.41) is 4.49. The van der Waals surface area contributed by atoms with E-state index >= 15 is 0 Å². The Bertz CT molecular complexity index is 1400. The van der Waals surface area contributed by atoms with E-state index in [-0.39, 0.29) is 18.2 Å². The van der Waals surface area contributed by atoms with Crippen molar-refractivity contribution in [3.8, 4) is 11.3 Å². The number of pyridine rings is 1. The van der Waals surface area contributed by atoms with Crippen LogP contribution >= 0.6 is 0 Å². The molecule has 4 N–H and O–H groups in total. The summed E-state index contributed by atoms with van der Waals surface area (Å²) >= 11 is 0. The zero-order chi connectivity index (χ0) is 21.4. The fourth-order valence-corrected chi connectivity index (χ4v) is 3.46. The first-order valence-electron chi connectivity index (χ1n) is 9.45. The van der Waals surface area contributed by atoms with Gasteiger partial charge in [-0.3, -0.25) is 4.98 Å². The van der Waals surface area contributed by atoms with Gasteiger partial charge in [-0.1, -0.05) is 30.3 Å². The van der Waals surface area contributed by atoms with Crippen molar-refractivity contribution in [3.63, 3.8) is 0 Å². The van der Waals surface area contributed by atoms with E-state index in [4.69, 9.17) is 5.73 Å². The number of aromatic nitrogens is 5. The lowest BCUT2D eigenvalue weighted by Gasteiger charge is -2.15. The number of anilines is 1. The lowest BCUT2D eigenvalue weighted by atomic mass is 10.00. The van der Waals surface area contributed by atoms with E-state index in [1.54, 1.807) is 12.4 Å². The summed E-state index contributed by atoms with van der Waals surface area (Å²) in [4.78, 5) is 21.6. The topological polar surface area (TPSA) is 115 Å². The minimum atomic E-state index is -0.530. The maximum Gasteiger partial charge on any atom is 0.353 e. The van der Waals surface area contributed by atoms with Crippen LogP contribution in [0.1, 0.15) is 11.3 Å². The third-order valence-electron chi connectivity index (χ3n) is 4.88. The fraction of sp³-hybridized carbons (Fsp3) is 0.0476. The van der Waals surface area contributed by atoms with Crippen LogP contribution in [0.25, 0.3) is 22.5 Å². The maximum absolute atomic E-state index is 14.1. The summed E-state index contributed by atoms with van der Waals surface area (Å²) < 4.78 is 16.5. The van der Waals surface area contributed by atoms with Gasteiger partial charge < -0.3 is 16.6 Å². The van der Waals surface area contributed by atoms with Gasteiger partial charge >= 0.3 is 5.69 Å². The number of nitrogens with two attached hydrogens (primary N) is 1. The molecule has 1 aliphatic rings. The Morgan fingerprint density at radius 2 is 1.94 bits per heavy atom. The van der Waals surface area contributed by atoms with Crippen LogP contribution in [0.15, 0.2) is 71.9 Å². The molecule has 0 spiro atoms. The molecule has 5 rings (SSSR count). The van der Waals surface area contributed by atoms with Gasteiger partial charge in [0.15, 0.2) is 5.65 Å². The maximum atomic E-state index is 14.1. The molecule has 0 amide bonds. The van der Waals surface area contributed by atoms with E-state index in [0.29, 0.717) is 16.9 Å². The van der Waals surface area contributed by atoms with Crippen molar-refractivity contribution in [2.75, 3.05) is 5.73 Å². The minimum absolute atomic E-state index is 0.0122. The lowest BCUT2D eigenvalue weighted by molar-refractivity contribution is 0.564.